The molecule has 0 atom stereocenters. The summed E-state index contributed by atoms with van der Waals surface area (Å²) in [6.45, 7) is 3.49. The maximum absolute atomic E-state index is 13.2. The van der Waals surface area contributed by atoms with Crippen LogP contribution < -0.4 is 5.73 Å². The topological polar surface area (TPSA) is 108 Å². The normalized spacial score (nSPS) is 12.6. The van der Waals surface area contributed by atoms with Gasteiger partial charge in [0.2, 0.25) is 5.91 Å². The summed E-state index contributed by atoms with van der Waals surface area (Å²) < 4.78 is 104. The van der Waals surface area contributed by atoms with E-state index in [1.54, 1.807) is 0 Å². The van der Waals surface area contributed by atoms with Crippen molar-refractivity contribution >= 4 is 21.3 Å². The van der Waals surface area contributed by atoms with E-state index in [1.807, 2.05) is 0 Å². The van der Waals surface area contributed by atoms with Gasteiger partial charge in [-0.15, -0.1) is 5.10 Å². The van der Waals surface area contributed by atoms with Gasteiger partial charge in [-0.3, -0.25) is 4.79 Å². The van der Waals surface area contributed by atoms with Gasteiger partial charge in [0.15, 0.2) is 15.7 Å². The van der Waals surface area contributed by atoms with E-state index >= 15 is 0 Å². The van der Waals surface area contributed by atoms with Crippen molar-refractivity contribution in [3.63, 3.8) is 0 Å². The van der Waals surface area contributed by atoms with Gasteiger partial charge in [0.25, 0.3) is 0 Å². The Balaban J connectivity index is 2.21. The maximum Gasteiger partial charge on any atom is 0.416 e. The second kappa shape index (κ2) is 8.27. The second-order valence-corrected chi connectivity index (χ2v) is 9.09. The van der Waals surface area contributed by atoms with Crippen molar-refractivity contribution in [2.75, 3.05) is 6.26 Å². The molecule has 0 radical (unpaired) electrons. The van der Waals surface area contributed by atoms with Crippen LogP contribution in [0.3, 0.4) is 0 Å². The number of primary amides is 1. The van der Waals surface area contributed by atoms with Crippen LogP contribution in [0.2, 0.25) is 0 Å². The van der Waals surface area contributed by atoms with E-state index in [0.717, 1.165) is 23.3 Å². The zero-order valence-electron chi connectivity index (χ0n) is 17.1. The van der Waals surface area contributed by atoms with E-state index < -0.39 is 50.6 Å². The maximum atomic E-state index is 13.2. The molecule has 3 rings (SSSR count). The number of carbonyl (C=O) groups excluding carboxylic acids is 1. The van der Waals surface area contributed by atoms with Crippen LogP contribution in [0.25, 0.3) is 22.6 Å². The van der Waals surface area contributed by atoms with E-state index in [9.17, 15) is 39.6 Å². The molecule has 0 aliphatic carbocycles. The lowest BCUT2D eigenvalue weighted by Crippen LogP contribution is -2.13. The van der Waals surface area contributed by atoms with E-state index in [4.69, 9.17) is 5.73 Å². The Labute approximate surface area is 188 Å². The largest absolute Gasteiger partial charge is 0.416 e. The molecule has 2 N–H and O–H groups in total. The smallest absolute Gasteiger partial charge is 0.366 e. The highest BCUT2D eigenvalue weighted by Gasteiger charge is 2.37. The minimum Gasteiger partial charge on any atom is -0.366 e. The fourth-order valence-corrected chi connectivity index (χ4v) is 3.78. The summed E-state index contributed by atoms with van der Waals surface area (Å²) in [5.74, 6) is -1.43. The van der Waals surface area contributed by atoms with E-state index in [1.165, 1.54) is 12.1 Å². The number of sulfone groups is 1. The summed E-state index contributed by atoms with van der Waals surface area (Å²) in [7, 11) is -3.88. The van der Waals surface area contributed by atoms with Crippen LogP contribution in [0.1, 0.15) is 16.7 Å². The fourth-order valence-electron chi connectivity index (χ4n) is 2.94. The molecular weight excluding hydrogens is 490 g/mol. The van der Waals surface area contributed by atoms with E-state index in [0.29, 0.717) is 12.1 Å². The molecule has 0 saturated heterocycles. The average molecular weight is 504 g/mol. The highest BCUT2D eigenvalue weighted by molar-refractivity contribution is 7.90. The lowest BCUT2D eigenvalue weighted by molar-refractivity contribution is -0.143. The first-order valence-corrected chi connectivity index (χ1v) is 10.9. The third kappa shape index (κ3) is 5.11. The highest BCUT2D eigenvalue weighted by atomic mass is 32.2. The van der Waals surface area contributed by atoms with Crippen LogP contribution in [0, 0.1) is 0 Å². The van der Waals surface area contributed by atoms with Crippen LogP contribution in [-0.2, 0) is 27.0 Å². The zero-order valence-corrected chi connectivity index (χ0v) is 17.9. The molecule has 0 spiro atoms. The molecule has 0 aliphatic heterocycles. The first kappa shape index (κ1) is 25.0. The second-order valence-electron chi connectivity index (χ2n) is 7.10. The van der Waals surface area contributed by atoms with Gasteiger partial charge < -0.3 is 5.73 Å². The van der Waals surface area contributed by atoms with Gasteiger partial charge in [0, 0.05) is 17.4 Å². The van der Waals surface area contributed by atoms with Gasteiger partial charge in [-0.2, -0.15) is 26.3 Å². The fraction of sp³-hybridized carbons (Fsp3) is 0.150. The Morgan fingerprint density at radius 1 is 1.00 bits per heavy atom. The number of halogens is 6. The lowest BCUT2D eigenvalue weighted by atomic mass is 10.0. The molecule has 0 unspecified atom stereocenters. The number of benzene rings is 2. The number of hydrogen-bond acceptors (Lipinski definition) is 5. The molecule has 180 valence electrons. The molecule has 0 aliphatic rings. The SMILES string of the molecule is C=C(C(N)=O)c1ccc(S(C)(=O)=O)c(-n2cnc(-c3cc(C(F)(F)F)cc(C(F)(F)F)c3)n2)c1. The van der Waals surface area contributed by atoms with Crippen LogP contribution in [0.5, 0.6) is 0 Å². The van der Waals surface area contributed by atoms with Gasteiger partial charge in [0.1, 0.15) is 6.33 Å². The third-order valence-corrected chi connectivity index (χ3v) is 5.73. The average Bonchev–Trinajstić information content (AvgIpc) is 3.20. The molecule has 0 fully saturated rings. The molecule has 3 aromatic rings. The monoisotopic (exact) mass is 504 g/mol. The van der Waals surface area contributed by atoms with Gasteiger partial charge in [-0.1, -0.05) is 12.6 Å². The minimum absolute atomic E-state index is 0.0405. The standard InChI is InChI=1S/C20H14F6N4O3S/c1-10(17(27)31)11-3-4-16(34(2,32)33)15(7-11)30-9-28-18(29-30)12-5-13(19(21,22)23)8-14(6-12)20(24,25)26/h3-9H,1H2,2H3,(H2,27,31). The summed E-state index contributed by atoms with van der Waals surface area (Å²) in [5.41, 5.74) is 1.22. The lowest BCUT2D eigenvalue weighted by Gasteiger charge is -2.13. The van der Waals surface area contributed by atoms with Crippen molar-refractivity contribution in [1.29, 1.82) is 0 Å². The van der Waals surface area contributed by atoms with E-state index in [-0.39, 0.29) is 27.8 Å². The molecule has 2 aromatic carbocycles. The van der Waals surface area contributed by atoms with Crippen molar-refractivity contribution in [2.24, 2.45) is 5.73 Å². The Morgan fingerprint density at radius 2 is 1.56 bits per heavy atom. The number of nitrogens with two attached hydrogens (primary N) is 1. The van der Waals surface area contributed by atoms with Crippen LogP contribution in [0.15, 0.2) is 54.2 Å². The van der Waals surface area contributed by atoms with Crippen molar-refractivity contribution in [2.45, 2.75) is 17.2 Å². The Kier molecular flexibility index (Phi) is 6.07. The van der Waals surface area contributed by atoms with Crippen molar-refractivity contribution in [3.8, 4) is 17.1 Å². The van der Waals surface area contributed by atoms with Gasteiger partial charge >= 0.3 is 12.4 Å². The van der Waals surface area contributed by atoms with Crippen molar-refractivity contribution in [1.82, 2.24) is 14.8 Å². The van der Waals surface area contributed by atoms with Crippen LogP contribution in [-0.4, -0.2) is 35.3 Å². The van der Waals surface area contributed by atoms with Gasteiger partial charge in [-0.05, 0) is 35.9 Å². The predicted octanol–water partition coefficient (Wildman–Crippen LogP) is 3.87. The quantitative estimate of drug-likeness (QED) is 0.419. The van der Waals surface area contributed by atoms with E-state index in [2.05, 4.69) is 16.7 Å². The zero-order chi connectivity index (χ0) is 25.6. The number of nitrogens with zero attached hydrogens (tertiary/aromatic N) is 3. The highest BCUT2D eigenvalue weighted by Crippen LogP contribution is 2.38. The number of carbonyl (C=O) groups is 1. The number of aromatic nitrogens is 3. The third-order valence-electron chi connectivity index (χ3n) is 4.59. The first-order chi connectivity index (χ1) is 15.5. The summed E-state index contributed by atoms with van der Waals surface area (Å²) in [4.78, 5) is 14.9. The molecular formula is C20H14F6N4O3S. The Morgan fingerprint density at radius 3 is 2.03 bits per heavy atom. The Bertz CT molecular complexity index is 1380. The van der Waals surface area contributed by atoms with Crippen LogP contribution >= 0.6 is 0 Å². The molecule has 0 bridgehead atoms. The van der Waals surface area contributed by atoms with Crippen molar-refractivity contribution < 1.29 is 39.6 Å². The van der Waals surface area contributed by atoms with Gasteiger partial charge in [0.05, 0.1) is 21.7 Å². The predicted molar refractivity (Wildman–Crippen MR) is 108 cm³/mol. The minimum atomic E-state index is -5.08. The molecule has 7 nitrogen and oxygen atoms in total. The molecule has 34 heavy (non-hydrogen) atoms. The first-order valence-electron chi connectivity index (χ1n) is 9.03. The molecule has 1 aromatic heterocycles. The summed E-state index contributed by atoms with van der Waals surface area (Å²) >= 11 is 0. The molecule has 0 saturated carbocycles. The number of amides is 1. The summed E-state index contributed by atoms with van der Waals surface area (Å²) in [6.07, 6.45) is -8.38. The summed E-state index contributed by atoms with van der Waals surface area (Å²) in [5, 5.41) is 3.88. The summed E-state index contributed by atoms with van der Waals surface area (Å²) in [6, 6.07) is 4.40. The molecule has 1 heterocycles. The Hall–Kier alpha value is -3.68. The number of rotatable bonds is 5. The molecule has 1 amide bonds. The van der Waals surface area contributed by atoms with Crippen LogP contribution in [0.4, 0.5) is 26.3 Å². The molecule has 14 heteroatoms. The van der Waals surface area contributed by atoms with Crippen molar-refractivity contribution in [3.05, 3.63) is 66.0 Å². The van der Waals surface area contributed by atoms with Gasteiger partial charge in [-0.25, -0.2) is 18.1 Å². The number of alkyl halides is 6. The number of hydrogen-bond donors (Lipinski definition) is 1.